The number of aldehydes is 1. The molecule has 0 unspecified atom stereocenters. The predicted molar refractivity (Wildman–Crippen MR) is 138 cm³/mol. The maximum atomic E-state index is 12.7. The van der Waals surface area contributed by atoms with Crippen LogP contribution in [0.2, 0.25) is 0 Å². The van der Waals surface area contributed by atoms with Crippen LogP contribution in [0.15, 0.2) is 59.5 Å². The molecular weight excluding hydrogens is 455 g/mol. The molecule has 194 valence electrons. The van der Waals surface area contributed by atoms with E-state index in [1.54, 1.807) is 0 Å². The normalized spacial score (nSPS) is 17.5. The zero-order valence-electron chi connectivity index (χ0n) is 21.5. The summed E-state index contributed by atoms with van der Waals surface area (Å²) >= 11 is 0. The molecule has 0 spiro atoms. The molecule has 0 aromatic heterocycles. The third-order valence-electron chi connectivity index (χ3n) is 5.31. The van der Waals surface area contributed by atoms with E-state index in [0.717, 1.165) is 29.2 Å². The fourth-order valence-electron chi connectivity index (χ4n) is 3.54. The van der Waals surface area contributed by atoms with Gasteiger partial charge in [0.2, 0.25) is 0 Å². The molecular formula is C27H38F3N3O2. The van der Waals surface area contributed by atoms with Crippen LogP contribution in [-0.4, -0.2) is 45.2 Å². The molecule has 0 radical (unpaired) electrons. The molecule has 2 aliphatic rings. The number of nitrogens with zero attached hydrogens (tertiary/aromatic N) is 1. The summed E-state index contributed by atoms with van der Waals surface area (Å²) in [5.41, 5.74) is 8.57. The number of carbonyl (C=O) groups is 1. The summed E-state index contributed by atoms with van der Waals surface area (Å²) < 4.78 is 44.0. The maximum Gasteiger partial charge on any atom is 0.414 e. The van der Waals surface area contributed by atoms with Gasteiger partial charge in [0.25, 0.3) is 0 Å². The Labute approximate surface area is 207 Å². The molecule has 1 saturated heterocycles. The number of rotatable bonds is 6. The van der Waals surface area contributed by atoms with E-state index in [0.29, 0.717) is 31.0 Å². The second-order valence-corrected chi connectivity index (χ2v) is 8.03. The molecule has 1 fully saturated rings. The monoisotopic (exact) mass is 493 g/mol. The summed E-state index contributed by atoms with van der Waals surface area (Å²) in [5.74, 6) is 0.339. The second-order valence-electron chi connectivity index (χ2n) is 8.03. The summed E-state index contributed by atoms with van der Waals surface area (Å²) in [7, 11) is 1.50. The van der Waals surface area contributed by atoms with Crippen molar-refractivity contribution in [2.75, 3.05) is 31.6 Å². The quantitative estimate of drug-likeness (QED) is 0.376. The Balaban J connectivity index is 0.00000145. The van der Waals surface area contributed by atoms with Crippen LogP contribution in [0.3, 0.4) is 0 Å². The van der Waals surface area contributed by atoms with Crippen molar-refractivity contribution in [1.82, 2.24) is 5.32 Å². The van der Waals surface area contributed by atoms with Crippen LogP contribution in [0.5, 0.6) is 0 Å². The van der Waals surface area contributed by atoms with Crippen molar-refractivity contribution in [2.45, 2.75) is 53.3 Å². The van der Waals surface area contributed by atoms with E-state index in [1.807, 2.05) is 65.0 Å². The lowest BCUT2D eigenvalue weighted by molar-refractivity contribution is -0.0933. The number of hydrogen-bond acceptors (Lipinski definition) is 5. The predicted octanol–water partition coefficient (Wildman–Crippen LogP) is 6.00. The molecule has 0 amide bonds. The summed E-state index contributed by atoms with van der Waals surface area (Å²) in [6.07, 6.45) is 3.50. The molecule has 3 rings (SSSR count). The van der Waals surface area contributed by atoms with E-state index in [2.05, 4.69) is 16.0 Å². The third kappa shape index (κ3) is 8.94. The van der Waals surface area contributed by atoms with Crippen LogP contribution < -0.4 is 16.0 Å². The van der Waals surface area contributed by atoms with E-state index >= 15 is 0 Å². The van der Waals surface area contributed by atoms with Gasteiger partial charge in [-0.1, -0.05) is 37.6 Å². The first-order valence-corrected chi connectivity index (χ1v) is 11.8. The number of halogens is 3. The van der Waals surface area contributed by atoms with Crippen LogP contribution in [0, 0.1) is 0 Å². The Kier molecular flexibility index (Phi) is 12.4. The summed E-state index contributed by atoms with van der Waals surface area (Å²) in [6, 6.07) is 5.82. The number of carbonyl (C=O) groups excluding carboxylic acids is 1. The average Bonchev–Trinajstić information content (AvgIpc) is 3.32. The van der Waals surface area contributed by atoms with Crippen molar-refractivity contribution in [3.8, 4) is 0 Å². The number of nitrogens with one attached hydrogen (secondary N) is 1. The van der Waals surface area contributed by atoms with Gasteiger partial charge in [-0.2, -0.15) is 13.2 Å². The Bertz CT molecular complexity index is 959. The highest BCUT2D eigenvalue weighted by Crippen LogP contribution is 2.30. The highest BCUT2D eigenvalue weighted by Gasteiger charge is 2.34. The largest absolute Gasteiger partial charge is 0.474 e. The molecule has 0 saturated carbocycles. The van der Waals surface area contributed by atoms with E-state index < -0.39 is 11.7 Å². The Morgan fingerprint density at radius 1 is 1.14 bits per heavy atom. The first-order chi connectivity index (χ1) is 16.7. The van der Waals surface area contributed by atoms with Crippen LogP contribution in [0.4, 0.5) is 18.9 Å². The van der Waals surface area contributed by atoms with Gasteiger partial charge in [0.05, 0.1) is 12.1 Å². The van der Waals surface area contributed by atoms with Crippen LogP contribution in [0.1, 0.15) is 57.0 Å². The lowest BCUT2D eigenvalue weighted by Crippen LogP contribution is -2.31. The van der Waals surface area contributed by atoms with Gasteiger partial charge in [-0.15, -0.1) is 0 Å². The summed E-state index contributed by atoms with van der Waals surface area (Å²) in [6.45, 7) is 11.0. The minimum absolute atomic E-state index is 0.168. The van der Waals surface area contributed by atoms with Crippen molar-refractivity contribution < 1.29 is 22.7 Å². The fourth-order valence-corrected chi connectivity index (χ4v) is 3.54. The van der Waals surface area contributed by atoms with Gasteiger partial charge < -0.3 is 20.7 Å². The number of dihydropyridines is 1. The highest BCUT2D eigenvalue weighted by molar-refractivity contribution is 5.87. The lowest BCUT2D eigenvalue weighted by Gasteiger charge is -2.24. The highest BCUT2D eigenvalue weighted by atomic mass is 19.4. The van der Waals surface area contributed by atoms with Gasteiger partial charge >= 0.3 is 6.18 Å². The van der Waals surface area contributed by atoms with E-state index in [-0.39, 0.29) is 12.6 Å². The Morgan fingerprint density at radius 3 is 2.37 bits per heavy atom. The lowest BCUT2D eigenvalue weighted by atomic mass is 10.0. The number of benzene rings is 1. The van der Waals surface area contributed by atoms with Crippen molar-refractivity contribution in [2.24, 2.45) is 5.73 Å². The van der Waals surface area contributed by atoms with Gasteiger partial charge in [0.1, 0.15) is 6.10 Å². The molecule has 0 bridgehead atoms. The Hall–Kier alpha value is -3.00. The molecule has 3 N–H and O–H groups in total. The molecule has 1 atom stereocenters. The molecule has 5 nitrogen and oxygen atoms in total. The van der Waals surface area contributed by atoms with E-state index in [1.165, 1.54) is 18.7 Å². The number of anilines is 1. The van der Waals surface area contributed by atoms with Gasteiger partial charge in [-0.25, -0.2) is 0 Å². The number of ether oxygens (including phenoxy) is 1. The van der Waals surface area contributed by atoms with Gasteiger partial charge in [0, 0.05) is 30.8 Å². The molecule has 0 aliphatic carbocycles. The molecule has 35 heavy (non-hydrogen) atoms. The fraction of sp³-hybridized carbons (Fsp3) is 0.444. The van der Waals surface area contributed by atoms with Crippen molar-refractivity contribution in [3.05, 3.63) is 70.7 Å². The maximum absolute atomic E-state index is 12.7. The number of allylic oxidation sites excluding steroid dienone is 6. The number of hydrogen-bond donors (Lipinski definition) is 2. The zero-order chi connectivity index (χ0) is 26.6. The van der Waals surface area contributed by atoms with Crippen LogP contribution in [0.25, 0.3) is 5.57 Å². The van der Waals surface area contributed by atoms with Gasteiger partial charge in [0.15, 0.2) is 12.2 Å². The van der Waals surface area contributed by atoms with Crippen molar-refractivity contribution in [3.63, 3.8) is 0 Å². The minimum Gasteiger partial charge on any atom is -0.474 e. The number of alkyl halides is 3. The average molecular weight is 494 g/mol. The minimum atomic E-state index is -4.34. The first kappa shape index (κ1) is 30.0. The van der Waals surface area contributed by atoms with E-state index in [9.17, 15) is 18.0 Å². The van der Waals surface area contributed by atoms with Crippen LogP contribution >= 0.6 is 0 Å². The molecule has 2 aliphatic heterocycles. The topological polar surface area (TPSA) is 67.6 Å². The first-order valence-electron chi connectivity index (χ1n) is 11.8. The molecule has 1 aromatic carbocycles. The van der Waals surface area contributed by atoms with Crippen molar-refractivity contribution in [1.29, 1.82) is 0 Å². The van der Waals surface area contributed by atoms with Crippen molar-refractivity contribution >= 4 is 17.5 Å². The molecule has 1 aromatic rings. The van der Waals surface area contributed by atoms with Gasteiger partial charge in [-0.3, -0.25) is 4.79 Å². The zero-order valence-corrected chi connectivity index (χ0v) is 21.5. The second kappa shape index (κ2) is 14.4. The van der Waals surface area contributed by atoms with Gasteiger partial charge in [-0.05, 0) is 63.2 Å². The molecule has 2 heterocycles. The Morgan fingerprint density at radius 2 is 1.83 bits per heavy atom. The van der Waals surface area contributed by atoms with Crippen LogP contribution in [-0.2, 0) is 4.74 Å². The summed E-state index contributed by atoms with van der Waals surface area (Å²) in [5, 5.41) is 2.68. The number of nitrogens with two attached hydrogens (primary N) is 1. The van der Waals surface area contributed by atoms with E-state index in [4.69, 9.17) is 4.74 Å². The SMILES string of the molecule is CC.CC(C)=C/C=C(\C)c1ccc(N2CC[C@H](OC3=CC=C(C(F)(F)F)CN3)C2)c(C=O)c1.CN. The molecule has 8 heteroatoms. The summed E-state index contributed by atoms with van der Waals surface area (Å²) in [4.78, 5) is 13.8. The third-order valence-corrected chi connectivity index (χ3v) is 5.31. The smallest absolute Gasteiger partial charge is 0.414 e. The standard InChI is InChI=1S/C24H27F3N2O2.C2H6.CH5N/c1-16(2)4-5-17(3)18-6-8-22(19(12-18)15-30)29-11-10-21(14-29)31-23-9-7-20(13-28-23)24(25,26)27;2*1-2/h4-9,12,15,21,28H,10-11,13-14H2,1-3H3;1-2H3;2H2,1H3/b17-5+;;/t21-;;/m0../s1.